The molecule has 0 amide bonds. The highest BCUT2D eigenvalue weighted by Crippen LogP contribution is 2.31. The molecule has 0 fully saturated rings. The van der Waals surface area contributed by atoms with Crippen molar-refractivity contribution in [3.63, 3.8) is 0 Å². The molecule has 0 bridgehead atoms. The van der Waals surface area contributed by atoms with Gasteiger partial charge in [0.25, 0.3) is 0 Å². The van der Waals surface area contributed by atoms with E-state index in [4.69, 9.17) is 4.42 Å². The Bertz CT molecular complexity index is 530. The molecule has 1 N–H and O–H groups in total. The van der Waals surface area contributed by atoms with Crippen LogP contribution < -0.4 is 5.32 Å². The minimum atomic E-state index is 0.266. The molecule has 1 aromatic heterocycles. The normalized spacial score (nSPS) is 19.9. The molecule has 2 atom stereocenters. The third kappa shape index (κ3) is 3.20. The van der Waals surface area contributed by atoms with E-state index in [0.717, 1.165) is 12.3 Å². The average Bonchev–Trinajstić information content (AvgIpc) is 3.04. The zero-order chi connectivity index (χ0) is 13.6. The summed E-state index contributed by atoms with van der Waals surface area (Å²) < 4.78 is 5.64. The minimum Gasteiger partial charge on any atom is -0.468 e. The summed E-state index contributed by atoms with van der Waals surface area (Å²) in [5, 5.41) is 3.66. The van der Waals surface area contributed by atoms with E-state index in [9.17, 15) is 0 Å². The largest absolute Gasteiger partial charge is 0.468 e. The van der Waals surface area contributed by atoms with Gasteiger partial charge in [-0.1, -0.05) is 42.5 Å². The van der Waals surface area contributed by atoms with Gasteiger partial charge in [-0.3, -0.25) is 0 Å². The van der Waals surface area contributed by atoms with Gasteiger partial charge in [0.15, 0.2) is 0 Å². The standard InChI is InChI=1S/C18H21NO/c1-3-8-15(9-4-1)14-19-18(17-12-7-13-20-17)16-10-5-2-6-11-16/h1,3-5,7-10,12-13,16,18-19H,2,6,11,14H2/t16-,18+/m0/s1. The lowest BCUT2D eigenvalue weighted by molar-refractivity contribution is 0.324. The van der Waals surface area contributed by atoms with Crippen molar-refractivity contribution in [2.45, 2.75) is 31.8 Å². The number of allylic oxidation sites excluding steroid dienone is 1. The van der Waals surface area contributed by atoms with Crippen LogP contribution in [0.2, 0.25) is 0 Å². The van der Waals surface area contributed by atoms with Crippen LogP contribution in [0.25, 0.3) is 0 Å². The monoisotopic (exact) mass is 267 g/mol. The molecule has 3 rings (SSSR count). The first-order valence-electron chi connectivity index (χ1n) is 7.41. The molecule has 20 heavy (non-hydrogen) atoms. The van der Waals surface area contributed by atoms with Crippen LogP contribution in [0.15, 0.2) is 65.3 Å². The van der Waals surface area contributed by atoms with Gasteiger partial charge in [0.2, 0.25) is 0 Å². The van der Waals surface area contributed by atoms with Crippen molar-refractivity contribution in [1.82, 2.24) is 5.32 Å². The predicted molar refractivity (Wildman–Crippen MR) is 81.2 cm³/mol. The fourth-order valence-electron chi connectivity index (χ4n) is 2.87. The van der Waals surface area contributed by atoms with Crippen molar-refractivity contribution in [2.24, 2.45) is 5.92 Å². The topological polar surface area (TPSA) is 25.2 Å². The summed E-state index contributed by atoms with van der Waals surface area (Å²) in [6, 6.07) is 14.8. The Balaban J connectivity index is 1.72. The Morgan fingerprint density at radius 3 is 2.75 bits per heavy atom. The highest BCUT2D eigenvalue weighted by atomic mass is 16.3. The van der Waals surface area contributed by atoms with Gasteiger partial charge in [0.1, 0.15) is 5.76 Å². The van der Waals surface area contributed by atoms with Gasteiger partial charge in [-0.2, -0.15) is 0 Å². The fourth-order valence-corrected chi connectivity index (χ4v) is 2.87. The van der Waals surface area contributed by atoms with Crippen LogP contribution in [0.5, 0.6) is 0 Å². The Hall–Kier alpha value is -1.80. The smallest absolute Gasteiger partial charge is 0.121 e. The molecule has 2 heteroatoms. The number of nitrogens with one attached hydrogen (secondary N) is 1. The summed E-state index contributed by atoms with van der Waals surface area (Å²) >= 11 is 0. The molecule has 0 aliphatic heterocycles. The quantitative estimate of drug-likeness (QED) is 0.809. The lowest BCUT2D eigenvalue weighted by Gasteiger charge is -2.26. The van der Waals surface area contributed by atoms with Crippen LogP contribution in [0.3, 0.4) is 0 Å². The van der Waals surface area contributed by atoms with E-state index in [1.807, 2.05) is 6.07 Å². The van der Waals surface area contributed by atoms with Gasteiger partial charge < -0.3 is 9.73 Å². The number of benzene rings is 1. The molecular formula is C18H21NO. The molecule has 1 aromatic carbocycles. The second-order valence-corrected chi connectivity index (χ2v) is 5.38. The number of rotatable bonds is 5. The molecule has 0 radical (unpaired) electrons. The van der Waals surface area contributed by atoms with E-state index in [1.54, 1.807) is 6.26 Å². The summed E-state index contributed by atoms with van der Waals surface area (Å²) in [6.07, 6.45) is 10.1. The van der Waals surface area contributed by atoms with Crippen molar-refractivity contribution in [3.05, 3.63) is 72.2 Å². The average molecular weight is 267 g/mol. The second-order valence-electron chi connectivity index (χ2n) is 5.38. The van der Waals surface area contributed by atoms with E-state index < -0.39 is 0 Å². The van der Waals surface area contributed by atoms with Crippen LogP contribution in [-0.2, 0) is 6.54 Å². The first-order valence-corrected chi connectivity index (χ1v) is 7.41. The Kier molecular flexibility index (Phi) is 4.34. The van der Waals surface area contributed by atoms with E-state index in [2.05, 4.69) is 53.9 Å². The summed E-state index contributed by atoms with van der Waals surface area (Å²) in [6.45, 7) is 0.872. The zero-order valence-corrected chi connectivity index (χ0v) is 11.7. The first kappa shape index (κ1) is 13.2. The van der Waals surface area contributed by atoms with Crippen LogP contribution in [0.4, 0.5) is 0 Å². The van der Waals surface area contributed by atoms with Gasteiger partial charge in [-0.25, -0.2) is 0 Å². The van der Waals surface area contributed by atoms with Gasteiger partial charge in [-0.15, -0.1) is 0 Å². The molecule has 1 aliphatic carbocycles. The molecule has 2 aromatic rings. The molecule has 104 valence electrons. The predicted octanol–water partition coefficient (Wildman–Crippen LogP) is 4.47. The number of furan rings is 1. The fraction of sp³-hybridized carbons (Fsp3) is 0.333. The zero-order valence-electron chi connectivity index (χ0n) is 11.7. The third-order valence-electron chi connectivity index (χ3n) is 3.94. The van der Waals surface area contributed by atoms with E-state index in [1.165, 1.54) is 24.8 Å². The van der Waals surface area contributed by atoms with Gasteiger partial charge in [-0.05, 0) is 42.9 Å². The second kappa shape index (κ2) is 6.58. The highest BCUT2D eigenvalue weighted by Gasteiger charge is 2.24. The molecule has 1 aliphatic rings. The number of hydrogen-bond acceptors (Lipinski definition) is 2. The summed E-state index contributed by atoms with van der Waals surface area (Å²) in [5.41, 5.74) is 1.31. The third-order valence-corrected chi connectivity index (χ3v) is 3.94. The Labute approximate surface area is 120 Å². The number of hydrogen-bond donors (Lipinski definition) is 1. The van der Waals surface area contributed by atoms with Crippen LogP contribution in [0.1, 0.15) is 36.6 Å². The van der Waals surface area contributed by atoms with Crippen molar-refractivity contribution in [3.8, 4) is 0 Å². The van der Waals surface area contributed by atoms with Crippen molar-refractivity contribution < 1.29 is 4.42 Å². The summed E-state index contributed by atoms with van der Waals surface area (Å²) in [5.74, 6) is 1.57. The molecule has 0 spiro atoms. The molecular weight excluding hydrogens is 246 g/mol. The van der Waals surface area contributed by atoms with Crippen molar-refractivity contribution in [1.29, 1.82) is 0 Å². The maximum atomic E-state index is 5.64. The van der Waals surface area contributed by atoms with E-state index in [-0.39, 0.29) is 6.04 Å². The van der Waals surface area contributed by atoms with Crippen LogP contribution in [0, 0.1) is 5.92 Å². The molecule has 2 nitrogen and oxygen atoms in total. The lowest BCUT2D eigenvalue weighted by Crippen LogP contribution is -2.27. The van der Waals surface area contributed by atoms with Gasteiger partial charge in [0.05, 0.1) is 12.3 Å². The summed E-state index contributed by atoms with van der Waals surface area (Å²) in [4.78, 5) is 0. The van der Waals surface area contributed by atoms with E-state index in [0.29, 0.717) is 5.92 Å². The molecule has 1 heterocycles. The minimum absolute atomic E-state index is 0.266. The van der Waals surface area contributed by atoms with Gasteiger partial charge in [0, 0.05) is 6.54 Å². The van der Waals surface area contributed by atoms with Gasteiger partial charge >= 0.3 is 0 Å². The molecule has 0 saturated carbocycles. The lowest BCUT2D eigenvalue weighted by atomic mass is 9.88. The first-order chi connectivity index (χ1) is 9.93. The van der Waals surface area contributed by atoms with E-state index >= 15 is 0 Å². The van der Waals surface area contributed by atoms with Crippen LogP contribution in [-0.4, -0.2) is 0 Å². The van der Waals surface area contributed by atoms with Crippen molar-refractivity contribution in [2.75, 3.05) is 0 Å². The molecule has 0 unspecified atom stereocenters. The Morgan fingerprint density at radius 2 is 2.05 bits per heavy atom. The maximum absolute atomic E-state index is 5.64. The Morgan fingerprint density at radius 1 is 1.15 bits per heavy atom. The molecule has 0 saturated heterocycles. The SMILES string of the molecule is C1=C[C@H]([C@@H](NCc2ccccc2)c2ccco2)CCC1. The highest BCUT2D eigenvalue weighted by molar-refractivity contribution is 5.16. The van der Waals surface area contributed by atoms with Crippen molar-refractivity contribution >= 4 is 0 Å². The van der Waals surface area contributed by atoms with Crippen LogP contribution >= 0.6 is 0 Å². The summed E-state index contributed by atoms with van der Waals surface area (Å²) in [7, 11) is 0. The maximum Gasteiger partial charge on any atom is 0.121 e.